The van der Waals surface area contributed by atoms with E-state index in [1.165, 1.54) is 0 Å². The molecule has 0 radical (unpaired) electrons. The first-order valence-electron chi connectivity index (χ1n) is 5.87. The average Bonchev–Trinajstić information content (AvgIpc) is 2.57. The van der Waals surface area contributed by atoms with Gasteiger partial charge in [0.2, 0.25) is 5.95 Å². The summed E-state index contributed by atoms with van der Waals surface area (Å²) in [7, 11) is 1.65. The summed E-state index contributed by atoms with van der Waals surface area (Å²) in [6, 6.07) is 1.95. The second kappa shape index (κ2) is 5.79. The van der Waals surface area contributed by atoms with Gasteiger partial charge in [-0.1, -0.05) is 0 Å². The molecule has 0 aromatic carbocycles. The highest BCUT2D eigenvalue weighted by molar-refractivity contribution is 5.43. The fourth-order valence-corrected chi connectivity index (χ4v) is 1.96. The van der Waals surface area contributed by atoms with Gasteiger partial charge in [-0.05, 0) is 13.0 Å². The van der Waals surface area contributed by atoms with Crippen molar-refractivity contribution in [1.82, 2.24) is 15.3 Å². The Hall–Kier alpha value is -1.40. The van der Waals surface area contributed by atoms with E-state index in [0.717, 1.165) is 44.1 Å². The van der Waals surface area contributed by atoms with E-state index in [9.17, 15) is 0 Å². The number of aromatic nitrogens is 2. The van der Waals surface area contributed by atoms with Gasteiger partial charge in [0.05, 0.1) is 12.3 Å². The SMILES string of the molecule is COCc1cc(N2CCCNCC2)nc(N)n1. The number of hydrogen-bond donors (Lipinski definition) is 2. The van der Waals surface area contributed by atoms with E-state index in [4.69, 9.17) is 10.5 Å². The molecule has 1 saturated heterocycles. The lowest BCUT2D eigenvalue weighted by atomic mass is 10.3. The van der Waals surface area contributed by atoms with E-state index in [1.54, 1.807) is 7.11 Å². The minimum atomic E-state index is 0.312. The molecule has 1 aliphatic rings. The molecule has 1 fully saturated rings. The third-order valence-corrected chi connectivity index (χ3v) is 2.74. The van der Waals surface area contributed by atoms with Crippen LogP contribution in [-0.4, -0.2) is 43.3 Å². The van der Waals surface area contributed by atoms with Crippen LogP contribution in [0.1, 0.15) is 12.1 Å². The van der Waals surface area contributed by atoms with Crippen LogP contribution in [0.3, 0.4) is 0 Å². The highest BCUT2D eigenvalue weighted by Gasteiger charge is 2.12. The largest absolute Gasteiger partial charge is 0.378 e. The van der Waals surface area contributed by atoms with Crippen LogP contribution in [0.25, 0.3) is 0 Å². The summed E-state index contributed by atoms with van der Waals surface area (Å²) < 4.78 is 5.07. The third kappa shape index (κ3) is 3.28. The van der Waals surface area contributed by atoms with Gasteiger partial charge < -0.3 is 20.7 Å². The van der Waals surface area contributed by atoms with Crippen LogP contribution in [0.4, 0.5) is 11.8 Å². The normalized spacial score (nSPS) is 16.9. The van der Waals surface area contributed by atoms with Gasteiger partial charge in [-0.15, -0.1) is 0 Å². The van der Waals surface area contributed by atoms with E-state index in [1.807, 2.05) is 6.07 Å². The van der Waals surface area contributed by atoms with Crippen LogP contribution in [0.15, 0.2) is 6.07 Å². The van der Waals surface area contributed by atoms with Crippen molar-refractivity contribution in [3.05, 3.63) is 11.8 Å². The number of nitrogens with one attached hydrogen (secondary N) is 1. The zero-order valence-corrected chi connectivity index (χ0v) is 10.1. The molecule has 0 bridgehead atoms. The van der Waals surface area contributed by atoms with Crippen molar-refractivity contribution >= 4 is 11.8 Å². The Balaban J connectivity index is 2.17. The highest BCUT2D eigenvalue weighted by atomic mass is 16.5. The van der Waals surface area contributed by atoms with Crippen LogP contribution < -0.4 is 16.0 Å². The first kappa shape index (κ1) is 12.1. The average molecular weight is 237 g/mol. The van der Waals surface area contributed by atoms with Crippen molar-refractivity contribution in [2.45, 2.75) is 13.0 Å². The number of hydrogen-bond acceptors (Lipinski definition) is 6. The molecular formula is C11H19N5O. The fraction of sp³-hybridized carbons (Fsp3) is 0.636. The highest BCUT2D eigenvalue weighted by Crippen LogP contribution is 2.15. The number of rotatable bonds is 3. The van der Waals surface area contributed by atoms with E-state index < -0.39 is 0 Å². The maximum absolute atomic E-state index is 5.72. The molecule has 0 aliphatic carbocycles. The molecule has 2 heterocycles. The predicted octanol–water partition coefficient (Wildman–Crippen LogP) is 0.00490. The number of nitrogen functional groups attached to an aromatic ring is 1. The maximum Gasteiger partial charge on any atom is 0.222 e. The Morgan fingerprint density at radius 1 is 1.41 bits per heavy atom. The summed E-state index contributed by atoms with van der Waals surface area (Å²) in [4.78, 5) is 10.7. The standard InChI is InChI=1S/C11H19N5O/c1-17-8-9-7-10(15-11(12)14-9)16-5-2-3-13-4-6-16/h7,13H,2-6,8H2,1H3,(H2,12,14,15). The van der Waals surface area contributed by atoms with Gasteiger partial charge >= 0.3 is 0 Å². The van der Waals surface area contributed by atoms with Gasteiger partial charge in [0.15, 0.2) is 0 Å². The predicted molar refractivity (Wildman–Crippen MR) is 66.9 cm³/mol. The first-order valence-corrected chi connectivity index (χ1v) is 5.87. The van der Waals surface area contributed by atoms with Gasteiger partial charge in [0.25, 0.3) is 0 Å². The minimum absolute atomic E-state index is 0.312. The summed E-state index contributed by atoms with van der Waals surface area (Å²) in [5.74, 6) is 1.21. The summed E-state index contributed by atoms with van der Waals surface area (Å²) in [5.41, 5.74) is 6.54. The summed E-state index contributed by atoms with van der Waals surface area (Å²) in [6.07, 6.45) is 1.11. The van der Waals surface area contributed by atoms with Crippen LogP contribution in [-0.2, 0) is 11.3 Å². The Morgan fingerprint density at radius 2 is 2.29 bits per heavy atom. The number of nitrogens with two attached hydrogens (primary N) is 1. The van der Waals surface area contributed by atoms with Gasteiger partial charge in [-0.2, -0.15) is 4.98 Å². The fourth-order valence-electron chi connectivity index (χ4n) is 1.96. The molecule has 1 aromatic rings. The van der Waals surface area contributed by atoms with Crippen LogP contribution >= 0.6 is 0 Å². The summed E-state index contributed by atoms with van der Waals surface area (Å²) in [5, 5.41) is 3.36. The van der Waals surface area contributed by atoms with E-state index in [-0.39, 0.29) is 0 Å². The molecule has 0 amide bonds. The van der Waals surface area contributed by atoms with Gasteiger partial charge in [-0.3, -0.25) is 0 Å². The molecule has 2 rings (SSSR count). The van der Waals surface area contributed by atoms with Gasteiger partial charge in [-0.25, -0.2) is 4.98 Å². The lowest BCUT2D eigenvalue weighted by Crippen LogP contribution is -2.29. The monoisotopic (exact) mass is 237 g/mol. The van der Waals surface area contributed by atoms with Crippen molar-refractivity contribution < 1.29 is 4.74 Å². The smallest absolute Gasteiger partial charge is 0.222 e. The molecule has 94 valence electrons. The second-order valence-electron chi connectivity index (χ2n) is 4.10. The van der Waals surface area contributed by atoms with E-state index in [2.05, 4.69) is 20.2 Å². The van der Waals surface area contributed by atoms with Crippen molar-refractivity contribution in [2.24, 2.45) is 0 Å². The molecule has 0 saturated carbocycles. The molecular weight excluding hydrogens is 218 g/mol. The van der Waals surface area contributed by atoms with Gasteiger partial charge in [0, 0.05) is 32.8 Å². The Morgan fingerprint density at radius 3 is 3.12 bits per heavy atom. The lowest BCUT2D eigenvalue weighted by molar-refractivity contribution is 0.181. The Bertz CT molecular complexity index is 363. The van der Waals surface area contributed by atoms with Crippen molar-refractivity contribution in [3.8, 4) is 0 Å². The third-order valence-electron chi connectivity index (χ3n) is 2.74. The molecule has 0 spiro atoms. The second-order valence-corrected chi connectivity index (χ2v) is 4.10. The number of ether oxygens (including phenoxy) is 1. The van der Waals surface area contributed by atoms with Gasteiger partial charge in [0.1, 0.15) is 5.82 Å². The first-order chi connectivity index (χ1) is 8.29. The number of methoxy groups -OCH3 is 1. The Labute approximate surface area is 101 Å². The topological polar surface area (TPSA) is 76.3 Å². The molecule has 6 heteroatoms. The quantitative estimate of drug-likeness (QED) is 0.771. The molecule has 3 N–H and O–H groups in total. The van der Waals surface area contributed by atoms with Crippen LogP contribution in [0.2, 0.25) is 0 Å². The van der Waals surface area contributed by atoms with Crippen molar-refractivity contribution in [3.63, 3.8) is 0 Å². The van der Waals surface area contributed by atoms with Crippen LogP contribution in [0, 0.1) is 0 Å². The van der Waals surface area contributed by atoms with Crippen molar-refractivity contribution in [1.29, 1.82) is 0 Å². The van der Waals surface area contributed by atoms with Crippen molar-refractivity contribution in [2.75, 3.05) is 43.9 Å². The van der Waals surface area contributed by atoms with Crippen LogP contribution in [0.5, 0.6) is 0 Å². The summed E-state index contributed by atoms with van der Waals surface area (Å²) in [6.45, 7) is 4.44. The zero-order valence-electron chi connectivity index (χ0n) is 10.1. The molecule has 1 aliphatic heterocycles. The molecule has 0 unspecified atom stereocenters. The molecule has 17 heavy (non-hydrogen) atoms. The maximum atomic E-state index is 5.72. The van der Waals surface area contributed by atoms with E-state index in [0.29, 0.717) is 12.6 Å². The molecule has 1 aromatic heterocycles. The minimum Gasteiger partial charge on any atom is -0.378 e. The Kier molecular flexibility index (Phi) is 4.11. The zero-order chi connectivity index (χ0) is 12.1. The van der Waals surface area contributed by atoms with E-state index >= 15 is 0 Å². The number of anilines is 2. The summed E-state index contributed by atoms with van der Waals surface area (Å²) >= 11 is 0. The molecule has 6 nitrogen and oxygen atoms in total. The number of nitrogens with zero attached hydrogens (tertiary/aromatic N) is 3. The lowest BCUT2D eigenvalue weighted by Gasteiger charge is -2.21. The molecule has 0 atom stereocenters.